The average molecular weight is 349 g/mol. The van der Waals surface area contributed by atoms with E-state index < -0.39 is 34.0 Å². The van der Waals surface area contributed by atoms with Crippen LogP contribution in [0.4, 0.5) is 13.2 Å². The SMILES string of the molecule is CCc1ccccc1S(=O)(=O)N[C@H](C)c1nc(C(F)(F)F)no1. The van der Waals surface area contributed by atoms with Crippen LogP contribution in [0.3, 0.4) is 0 Å². The standard InChI is InChI=1S/C13H14F3N3O3S/c1-3-9-6-4-5-7-10(9)23(20,21)19-8(2)11-17-12(18-22-11)13(14,15)16/h4-8,19H,3H2,1-2H3/t8-/m1/s1. The van der Waals surface area contributed by atoms with E-state index in [0.717, 1.165) is 0 Å². The van der Waals surface area contributed by atoms with Crippen molar-refractivity contribution in [3.05, 3.63) is 41.5 Å². The molecule has 0 spiro atoms. The van der Waals surface area contributed by atoms with Gasteiger partial charge in [0, 0.05) is 0 Å². The van der Waals surface area contributed by atoms with Crippen molar-refractivity contribution in [2.24, 2.45) is 0 Å². The predicted octanol–water partition coefficient (Wildman–Crippen LogP) is 2.69. The minimum absolute atomic E-state index is 0.0601. The third-order valence-corrected chi connectivity index (χ3v) is 4.68. The molecule has 0 unspecified atom stereocenters. The third kappa shape index (κ3) is 3.88. The second kappa shape index (κ2) is 6.28. The van der Waals surface area contributed by atoms with Gasteiger partial charge in [-0.1, -0.05) is 30.3 Å². The van der Waals surface area contributed by atoms with E-state index in [1.165, 1.54) is 13.0 Å². The molecule has 0 saturated carbocycles. The van der Waals surface area contributed by atoms with E-state index in [2.05, 4.69) is 19.4 Å². The minimum Gasteiger partial charge on any atom is -0.337 e. The first-order valence-electron chi connectivity index (χ1n) is 6.66. The molecule has 1 N–H and O–H groups in total. The maximum atomic E-state index is 12.4. The fraction of sp³-hybridized carbons (Fsp3) is 0.385. The molecule has 0 radical (unpaired) electrons. The van der Waals surface area contributed by atoms with Crippen LogP contribution in [0.15, 0.2) is 33.7 Å². The monoisotopic (exact) mass is 349 g/mol. The maximum absolute atomic E-state index is 12.4. The van der Waals surface area contributed by atoms with Gasteiger partial charge in [-0.2, -0.15) is 22.9 Å². The van der Waals surface area contributed by atoms with Gasteiger partial charge in [0.1, 0.15) is 0 Å². The van der Waals surface area contributed by atoms with Crippen LogP contribution in [0.5, 0.6) is 0 Å². The topological polar surface area (TPSA) is 85.1 Å². The third-order valence-electron chi connectivity index (χ3n) is 3.04. The van der Waals surface area contributed by atoms with Gasteiger partial charge in [0.25, 0.3) is 5.82 Å². The van der Waals surface area contributed by atoms with E-state index in [-0.39, 0.29) is 4.90 Å². The first-order valence-corrected chi connectivity index (χ1v) is 8.14. The van der Waals surface area contributed by atoms with Gasteiger partial charge in [0.2, 0.25) is 15.9 Å². The van der Waals surface area contributed by atoms with Crippen LogP contribution in [-0.4, -0.2) is 18.6 Å². The molecule has 0 aliphatic rings. The predicted molar refractivity (Wildman–Crippen MR) is 73.9 cm³/mol. The van der Waals surface area contributed by atoms with Crippen molar-refractivity contribution in [1.82, 2.24) is 14.9 Å². The van der Waals surface area contributed by atoms with E-state index in [9.17, 15) is 21.6 Å². The number of hydrogen-bond donors (Lipinski definition) is 1. The maximum Gasteiger partial charge on any atom is 0.455 e. The smallest absolute Gasteiger partial charge is 0.337 e. The van der Waals surface area contributed by atoms with Crippen LogP contribution in [0.25, 0.3) is 0 Å². The van der Waals surface area contributed by atoms with Crippen LogP contribution in [0, 0.1) is 0 Å². The first-order chi connectivity index (χ1) is 10.6. The molecule has 6 nitrogen and oxygen atoms in total. The molecule has 1 aromatic carbocycles. The van der Waals surface area contributed by atoms with E-state index in [1.54, 1.807) is 25.1 Å². The van der Waals surface area contributed by atoms with Crippen molar-refractivity contribution >= 4 is 10.0 Å². The molecular weight excluding hydrogens is 335 g/mol. The summed E-state index contributed by atoms with van der Waals surface area (Å²) in [6, 6.07) is 5.24. The van der Waals surface area contributed by atoms with Crippen molar-refractivity contribution in [2.45, 2.75) is 37.4 Å². The Morgan fingerprint density at radius 1 is 1.30 bits per heavy atom. The number of aromatic nitrogens is 2. The van der Waals surface area contributed by atoms with Crippen LogP contribution < -0.4 is 4.72 Å². The van der Waals surface area contributed by atoms with Gasteiger partial charge < -0.3 is 4.52 Å². The highest BCUT2D eigenvalue weighted by molar-refractivity contribution is 7.89. The summed E-state index contributed by atoms with van der Waals surface area (Å²) in [5, 5.41) is 2.80. The first kappa shape index (κ1) is 17.4. The highest BCUT2D eigenvalue weighted by Gasteiger charge is 2.38. The van der Waals surface area contributed by atoms with Crippen molar-refractivity contribution in [3.8, 4) is 0 Å². The highest BCUT2D eigenvalue weighted by Crippen LogP contribution is 2.27. The fourth-order valence-electron chi connectivity index (χ4n) is 1.93. The van der Waals surface area contributed by atoms with Crippen molar-refractivity contribution in [1.29, 1.82) is 0 Å². The number of halogens is 3. The van der Waals surface area contributed by atoms with E-state index in [4.69, 9.17) is 0 Å². The Kier molecular flexibility index (Phi) is 4.76. The summed E-state index contributed by atoms with van der Waals surface area (Å²) in [5.74, 6) is -1.91. The Morgan fingerprint density at radius 3 is 2.52 bits per heavy atom. The zero-order valence-electron chi connectivity index (χ0n) is 12.3. The number of nitrogens with zero attached hydrogens (tertiary/aromatic N) is 2. The number of sulfonamides is 1. The average Bonchev–Trinajstić information content (AvgIpc) is 2.97. The second-order valence-electron chi connectivity index (χ2n) is 4.76. The van der Waals surface area contributed by atoms with E-state index in [1.807, 2.05) is 0 Å². The number of alkyl halides is 3. The lowest BCUT2D eigenvalue weighted by Gasteiger charge is -2.13. The molecule has 0 aliphatic carbocycles. The molecule has 10 heteroatoms. The number of rotatable bonds is 5. The molecule has 23 heavy (non-hydrogen) atoms. The summed E-state index contributed by atoms with van der Waals surface area (Å²) in [4.78, 5) is 3.23. The van der Waals surface area contributed by atoms with Crippen molar-refractivity contribution in [3.63, 3.8) is 0 Å². The van der Waals surface area contributed by atoms with Gasteiger partial charge >= 0.3 is 6.18 Å². The lowest BCUT2D eigenvalue weighted by molar-refractivity contribution is -0.146. The summed E-state index contributed by atoms with van der Waals surface area (Å²) in [7, 11) is -3.94. The van der Waals surface area contributed by atoms with Gasteiger partial charge in [-0.3, -0.25) is 0 Å². The molecule has 2 rings (SSSR count). The summed E-state index contributed by atoms with van der Waals surface area (Å²) < 4.78 is 68.8. The normalized spacial score (nSPS) is 14.0. The molecule has 1 aromatic heterocycles. The van der Waals surface area contributed by atoms with Crippen LogP contribution in [0.2, 0.25) is 0 Å². The molecule has 1 atom stereocenters. The van der Waals surface area contributed by atoms with Crippen molar-refractivity contribution in [2.75, 3.05) is 0 Å². The Hall–Kier alpha value is -1.94. The lowest BCUT2D eigenvalue weighted by atomic mass is 10.2. The molecule has 1 heterocycles. The van der Waals surface area contributed by atoms with Crippen LogP contribution in [-0.2, 0) is 22.6 Å². The van der Waals surface area contributed by atoms with Gasteiger partial charge in [0.05, 0.1) is 10.9 Å². The number of aryl methyl sites for hydroxylation is 1. The second-order valence-corrected chi connectivity index (χ2v) is 6.44. The molecule has 126 valence electrons. The number of benzene rings is 1. The van der Waals surface area contributed by atoms with Gasteiger partial charge in [-0.05, 0) is 25.0 Å². The Balaban J connectivity index is 2.25. The molecule has 0 aliphatic heterocycles. The number of hydrogen-bond acceptors (Lipinski definition) is 5. The molecular formula is C13H14F3N3O3S. The Morgan fingerprint density at radius 2 is 1.96 bits per heavy atom. The van der Waals surface area contributed by atoms with Gasteiger partial charge in [-0.25, -0.2) is 8.42 Å². The molecule has 0 bridgehead atoms. The summed E-state index contributed by atoms with van der Waals surface area (Å²) in [5.41, 5.74) is 0.591. The van der Waals surface area contributed by atoms with Gasteiger partial charge in [-0.15, -0.1) is 0 Å². The molecule has 0 fully saturated rings. The highest BCUT2D eigenvalue weighted by atomic mass is 32.2. The molecule has 2 aromatic rings. The summed E-state index contributed by atoms with van der Waals surface area (Å²) in [6.07, 6.45) is -4.26. The zero-order valence-corrected chi connectivity index (χ0v) is 13.1. The summed E-state index contributed by atoms with van der Waals surface area (Å²) >= 11 is 0. The minimum atomic E-state index is -4.75. The van der Waals surface area contributed by atoms with Crippen molar-refractivity contribution < 1.29 is 26.1 Å². The molecule has 0 amide bonds. The molecule has 0 saturated heterocycles. The van der Waals surface area contributed by atoms with E-state index >= 15 is 0 Å². The lowest BCUT2D eigenvalue weighted by Crippen LogP contribution is -2.28. The number of nitrogens with one attached hydrogen (secondary N) is 1. The van der Waals surface area contributed by atoms with Gasteiger partial charge in [0.15, 0.2) is 0 Å². The van der Waals surface area contributed by atoms with Crippen LogP contribution in [0.1, 0.15) is 37.2 Å². The van der Waals surface area contributed by atoms with Crippen LogP contribution >= 0.6 is 0 Å². The van der Waals surface area contributed by atoms with E-state index in [0.29, 0.717) is 12.0 Å². The quantitative estimate of drug-likeness (QED) is 0.897. The zero-order chi connectivity index (χ0) is 17.3. The largest absolute Gasteiger partial charge is 0.455 e. The fourth-order valence-corrected chi connectivity index (χ4v) is 3.44. The summed E-state index contributed by atoms with van der Waals surface area (Å²) in [6.45, 7) is 3.12. The Bertz CT molecular complexity index is 787. The Labute approximate surface area is 130 Å².